The van der Waals surface area contributed by atoms with E-state index < -0.39 is 6.03 Å². The summed E-state index contributed by atoms with van der Waals surface area (Å²) in [6.45, 7) is 2.66. The summed E-state index contributed by atoms with van der Waals surface area (Å²) in [6, 6.07) is 12.7. The van der Waals surface area contributed by atoms with E-state index in [0.717, 1.165) is 21.8 Å². The van der Waals surface area contributed by atoms with Crippen LogP contribution in [0.4, 0.5) is 16.2 Å². The second kappa shape index (κ2) is 6.30. The Bertz CT molecular complexity index is 611. The van der Waals surface area contributed by atoms with Crippen LogP contribution in [0, 0.1) is 6.92 Å². The van der Waals surface area contributed by atoms with Crippen LogP contribution in [0.5, 0.6) is 0 Å². The number of primary amides is 1. The maximum atomic E-state index is 10.7. The predicted molar refractivity (Wildman–Crippen MR) is 83.2 cm³/mol. The van der Waals surface area contributed by atoms with Gasteiger partial charge in [-0.25, -0.2) is 4.79 Å². The highest BCUT2D eigenvalue weighted by Gasteiger charge is 1.99. The lowest BCUT2D eigenvalue weighted by Gasteiger charge is -2.09. The van der Waals surface area contributed by atoms with Crippen LogP contribution in [0.25, 0.3) is 0 Å². The molecule has 0 aromatic heterocycles. The zero-order chi connectivity index (χ0) is 14.5. The predicted octanol–water partition coefficient (Wildman–Crippen LogP) is 3.75. The Morgan fingerprint density at radius 1 is 1.15 bits per heavy atom. The number of anilines is 2. The number of carbonyl (C=O) groups excluding carboxylic acids is 1. The van der Waals surface area contributed by atoms with Crippen molar-refractivity contribution in [2.24, 2.45) is 5.73 Å². The van der Waals surface area contributed by atoms with Gasteiger partial charge in [0.15, 0.2) is 0 Å². The van der Waals surface area contributed by atoms with Gasteiger partial charge in [-0.05, 0) is 48.4 Å². The summed E-state index contributed by atoms with van der Waals surface area (Å²) >= 11 is 6.08. The molecule has 5 heteroatoms. The third kappa shape index (κ3) is 3.90. The molecular weight excluding hydrogens is 274 g/mol. The van der Waals surface area contributed by atoms with Crippen LogP contribution >= 0.6 is 11.6 Å². The molecular formula is C15H16ClN3O. The Balaban J connectivity index is 1.96. The minimum Gasteiger partial charge on any atom is -0.381 e. The molecule has 0 unspecified atom stereocenters. The second-order valence-electron chi connectivity index (χ2n) is 4.50. The molecule has 0 aliphatic carbocycles. The average Bonchev–Trinajstić information content (AvgIpc) is 2.41. The molecule has 0 saturated heterocycles. The molecule has 0 aliphatic rings. The van der Waals surface area contributed by atoms with Gasteiger partial charge in [-0.1, -0.05) is 23.7 Å². The van der Waals surface area contributed by atoms with E-state index in [1.165, 1.54) is 0 Å². The third-order valence-corrected chi connectivity index (χ3v) is 3.29. The van der Waals surface area contributed by atoms with E-state index in [0.29, 0.717) is 12.2 Å². The van der Waals surface area contributed by atoms with Crippen molar-refractivity contribution in [3.63, 3.8) is 0 Å². The van der Waals surface area contributed by atoms with Gasteiger partial charge in [0.05, 0.1) is 0 Å². The molecule has 2 aromatic carbocycles. The SMILES string of the molecule is Cc1ccc(CNc2ccc(NC(N)=O)cc2)cc1Cl. The smallest absolute Gasteiger partial charge is 0.316 e. The Morgan fingerprint density at radius 3 is 2.40 bits per heavy atom. The number of hydrogen-bond acceptors (Lipinski definition) is 2. The Hall–Kier alpha value is -2.20. The van der Waals surface area contributed by atoms with Crippen molar-refractivity contribution in [3.8, 4) is 0 Å². The van der Waals surface area contributed by atoms with E-state index in [1.54, 1.807) is 12.1 Å². The standard InChI is InChI=1S/C15H16ClN3O/c1-10-2-3-11(8-14(10)16)9-18-12-4-6-13(7-5-12)19-15(17)20/h2-8,18H,9H2,1H3,(H3,17,19,20). The summed E-state index contributed by atoms with van der Waals surface area (Å²) in [7, 11) is 0. The molecule has 4 nitrogen and oxygen atoms in total. The summed E-state index contributed by atoms with van der Waals surface area (Å²) in [4.78, 5) is 10.7. The minimum atomic E-state index is -0.569. The number of rotatable bonds is 4. The fraction of sp³-hybridized carbons (Fsp3) is 0.133. The fourth-order valence-corrected chi connectivity index (χ4v) is 1.97. The van der Waals surface area contributed by atoms with Crippen molar-refractivity contribution in [2.45, 2.75) is 13.5 Å². The largest absolute Gasteiger partial charge is 0.381 e. The number of nitrogens with two attached hydrogens (primary N) is 1. The van der Waals surface area contributed by atoms with E-state index in [1.807, 2.05) is 37.3 Å². The van der Waals surface area contributed by atoms with Gasteiger partial charge in [-0.2, -0.15) is 0 Å². The summed E-state index contributed by atoms with van der Waals surface area (Å²) < 4.78 is 0. The van der Waals surface area contributed by atoms with Crippen LogP contribution in [0.2, 0.25) is 5.02 Å². The molecule has 0 spiro atoms. The van der Waals surface area contributed by atoms with Gasteiger partial charge < -0.3 is 16.4 Å². The molecule has 4 N–H and O–H groups in total. The minimum absolute atomic E-state index is 0.569. The maximum Gasteiger partial charge on any atom is 0.316 e. The van der Waals surface area contributed by atoms with E-state index in [-0.39, 0.29) is 0 Å². The van der Waals surface area contributed by atoms with E-state index in [2.05, 4.69) is 10.6 Å². The van der Waals surface area contributed by atoms with Crippen LogP contribution in [0.1, 0.15) is 11.1 Å². The molecule has 0 radical (unpaired) electrons. The van der Waals surface area contributed by atoms with Gasteiger partial charge in [-0.15, -0.1) is 0 Å². The van der Waals surface area contributed by atoms with Gasteiger partial charge in [0.1, 0.15) is 0 Å². The number of nitrogens with one attached hydrogen (secondary N) is 2. The molecule has 2 amide bonds. The zero-order valence-electron chi connectivity index (χ0n) is 11.1. The topological polar surface area (TPSA) is 67.2 Å². The van der Waals surface area contributed by atoms with Crippen LogP contribution in [-0.2, 0) is 6.54 Å². The summed E-state index contributed by atoms with van der Waals surface area (Å²) in [5, 5.41) is 6.57. The molecule has 0 bridgehead atoms. The number of aryl methyl sites for hydroxylation is 1. The second-order valence-corrected chi connectivity index (χ2v) is 4.91. The molecule has 0 saturated carbocycles. The Kier molecular flexibility index (Phi) is 4.48. The van der Waals surface area contributed by atoms with Gasteiger partial charge in [0, 0.05) is 22.9 Å². The highest BCUT2D eigenvalue weighted by molar-refractivity contribution is 6.31. The van der Waals surface area contributed by atoms with Crippen molar-refractivity contribution in [3.05, 3.63) is 58.6 Å². The monoisotopic (exact) mass is 289 g/mol. The number of urea groups is 1. The summed E-state index contributed by atoms with van der Waals surface area (Å²) in [5.41, 5.74) is 8.85. The fourth-order valence-electron chi connectivity index (χ4n) is 1.76. The number of carbonyl (C=O) groups is 1. The summed E-state index contributed by atoms with van der Waals surface area (Å²) in [5.74, 6) is 0. The number of amides is 2. The number of hydrogen-bond donors (Lipinski definition) is 3. The molecule has 2 aromatic rings. The van der Waals surface area contributed by atoms with Crippen molar-refractivity contribution >= 4 is 29.0 Å². The number of halogens is 1. The van der Waals surface area contributed by atoms with E-state index in [9.17, 15) is 4.79 Å². The molecule has 2 rings (SSSR count). The quantitative estimate of drug-likeness (QED) is 0.802. The summed E-state index contributed by atoms with van der Waals surface area (Å²) in [6.07, 6.45) is 0. The number of benzene rings is 2. The van der Waals surface area contributed by atoms with Crippen LogP contribution in [0.3, 0.4) is 0 Å². The molecule has 0 atom stereocenters. The van der Waals surface area contributed by atoms with E-state index >= 15 is 0 Å². The van der Waals surface area contributed by atoms with Gasteiger partial charge in [-0.3, -0.25) is 0 Å². The molecule has 0 fully saturated rings. The van der Waals surface area contributed by atoms with Crippen molar-refractivity contribution in [2.75, 3.05) is 10.6 Å². The first kappa shape index (κ1) is 14.2. The van der Waals surface area contributed by atoms with Crippen LogP contribution < -0.4 is 16.4 Å². The van der Waals surface area contributed by atoms with Crippen molar-refractivity contribution < 1.29 is 4.79 Å². The molecule has 0 heterocycles. The lowest BCUT2D eigenvalue weighted by molar-refractivity contribution is 0.259. The lowest BCUT2D eigenvalue weighted by Crippen LogP contribution is -2.19. The average molecular weight is 290 g/mol. The van der Waals surface area contributed by atoms with Crippen molar-refractivity contribution in [1.82, 2.24) is 0 Å². The lowest BCUT2D eigenvalue weighted by atomic mass is 10.1. The normalized spacial score (nSPS) is 10.1. The molecule has 0 aliphatic heterocycles. The molecule has 20 heavy (non-hydrogen) atoms. The van der Waals surface area contributed by atoms with Gasteiger partial charge in [0.25, 0.3) is 0 Å². The Morgan fingerprint density at radius 2 is 1.80 bits per heavy atom. The van der Waals surface area contributed by atoms with Gasteiger partial charge >= 0.3 is 6.03 Å². The first-order valence-electron chi connectivity index (χ1n) is 6.20. The molecule has 104 valence electrons. The zero-order valence-corrected chi connectivity index (χ0v) is 11.9. The first-order valence-corrected chi connectivity index (χ1v) is 6.58. The van der Waals surface area contributed by atoms with E-state index in [4.69, 9.17) is 17.3 Å². The maximum absolute atomic E-state index is 10.7. The Labute approximate surface area is 122 Å². The van der Waals surface area contributed by atoms with Crippen LogP contribution in [0.15, 0.2) is 42.5 Å². The van der Waals surface area contributed by atoms with Crippen LogP contribution in [-0.4, -0.2) is 6.03 Å². The highest BCUT2D eigenvalue weighted by Crippen LogP contribution is 2.18. The highest BCUT2D eigenvalue weighted by atomic mass is 35.5. The first-order chi connectivity index (χ1) is 9.54. The third-order valence-electron chi connectivity index (χ3n) is 2.89. The van der Waals surface area contributed by atoms with Gasteiger partial charge in [0.2, 0.25) is 0 Å². The van der Waals surface area contributed by atoms with Crippen molar-refractivity contribution in [1.29, 1.82) is 0 Å².